The summed E-state index contributed by atoms with van der Waals surface area (Å²) in [5.41, 5.74) is 0.938. The van der Waals surface area contributed by atoms with Crippen molar-refractivity contribution in [2.75, 3.05) is 13.2 Å². The van der Waals surface area contributed by atoms with Crippen molar-refractivity contribution in [3.05, 3.63) is 35.4 Å². The molecule has 1 rings (SSSR count). The van der Waals surface area contributed by atoms with Crippen molar-refractivity contribution in [1.29, 1.82) is 0 Å². The van der Waals surface area contributed by atoms with E-state index < -0.39 is 0 Å². The van der Waals surface area contributed by atoms with Crippen molar-refractivity contribution < 1.29 is 19.1 Å². The second-order valence-corrected chi connectivity index (χ2v) is 7.61. The predicted octanol–water partition coefficient (Wildman–Crippen LogP) is 6.43. The van der Waals surface area contributed by atoms with Gasteiger partial charge in [0.15, 0.2) is 0 Å². The van der Waals surface area contributed by atoms with Crippen molar-refractivity contribution in [3.8, 4) is 0 Å². The zero-order valence-corrected chi connectivity index (χ0v) is 18.2. The summed E-state index contributed by atoms with van der Waals surface area (Å²) in [5, 5.41) is 0. The Balaban J connectivity index is 2.50. The standard InChI is InChI=1S/C24H38O4/c1-5-9-11-19(7-3)17-27-23(25)21-13-15-22(16-14-21)24(26)28-18-20(8-4)12-10-6-2/h13-16,19-20H,5-12,17-18H2,1-4H3/t19-,20-/m1/s1. The Morgan fingerprint density at radius 2 is 1.07 bits per heavy atom. The molecule has 1 aromatic rings. The smallest absolute Gasteiger partial charge is 0.338 e. The fourth-order valence-corrected chi connectivity index (χ4v) is 3.09. The molecule has 2 atom stereocenters. The molecule has 0 saturated carbocycles. The molecule has 0 fully saturated rings. The van der Waals surface area contributed by atoms with Crippen molar-refractivity contribution in [2.24, 2.45) is 11.8 Å². The number of carbonyl (C=O) groups is 2. The first-order chi connectivity index (χ1) is 13.5. The Kier molecular flexibility index (Phi) is 12.3. The Bertz CT molecular complexity index is 513. The summed E-state index contributed by atoms with van der Waals surface area (Å²) in [5.74, 6) is 0.163. The van der Waals surface area contributed by atoms with Crippen molar-refractivity contribution in [2.45, 2.75) is 79.1 Å². The summed E-state index contributed by atoms with van der Waals surface area (Å²) >= 11 is 0. The minimum atomic E-state index is -0.333. The van der Waals surface area contributed by atoms with Crippen LogP contribution < -0.4 is 0 Å². The molecule has 1 aromatic carbocycles. The molecule has 0 radical (unpaired) electrons. The molecule has 0 bridgehead atoms. The normalized spacial score (nSPS) is 13.0. The topological polar surface area (TPSA) is 52.6 Å². The third kappa shape index (κ3) is 8.90. The van der Waals surface area contributed by atoms with E-state index >= 15 is 0 Å². The van der Waals surface area contributed by atoms with E-state index in [0.717, 1.165) is 51.4 Å². The fraction of sp³-hybridized carbons (Fsp3) is 0.667. The van der Waals surface area contributed by atoms with E-state index in [4.69, 9.17) is 9.47 Å². The third-order valence-electron chi connectivity index (χ3n) is 5.34. The van der Waals surface area contributed by atoms with Crippen LogP contribution in [0.4, 0.5) is 0 Å². The minimum Gasteiger partial charge on any atom is -0.462 e. The van der Waals surface area contributed by atoms with Crippen LogP contribution in [0.1, 0.15) is 99.8 Å². The van der Waals surface area contributed by atoms with Gasteiger partial charge in [-0.15, -0.1) is 0 Å². The summed E-state index contributed by atoms with van der Waals surface area (Å²) in [7, 11) is 0. The minimum absolute atomic E-state index is 0.333. The van der Waals surface area contributed by atoms with Crippen LogP contribution in [0.25, 0.3) is 0 Å². The van der Waals surface area contributed by atoms with Gasteiger partial charge in [-0.1, -0.05) is 66.2 Å². The lowest BCUT2D eigenvalue weighted by molar-refractivity contribution is 0.0414. The van der Waals surface area contributed by atoms with Gasteiger partial charge in [-0.25, -0.2) is 9.59 Å². The third-order valence-corrected chi connectivity index (χ3v) is 5.34. The zero-order valence-electron chi connectivity index (χ0n) is 18.2. The van der Waals surface area contributed by atoms with Gasteiger partial charge in [0.2, 0.25) is 0 Å². The number of rotatable bonds is 14. The van der Waals surface area contributed by atoms with E-state index in [9.17, 15) is 9.59 Å². The Labute approximate surface area is 171 Å². The second kappa shape index (κ2) is 14.2. The predicted molar refractivity (Wildman–Crippen MR) is 114 cm³/mol. The molecule has 0 spiro atoms. The van der Waals surface area contributed by atoms with E-state index in [1.807, 2.05) is 0 Å². The molecular weight excluding hydrogens is 352 g/mol. The summed E-state index contributed by atoms with van der Waals surface area (Å²) in [4.78, 5) is 24.5. The first-order valence-electron chi connectivity index (χ1n) is 11.0. The average molecular weight is 391 g/mol. The maximum absolute atomic E-state index is 12.2. The van der Waals surface area contributed by atoms with Crippen molar-refractivity contribution >= 4 is 11.9 Å². The second-order valence-electron chi connectivity index (χ2n) is 7.61. The first kappa shape index (κ1) is 24.2. The van der Waals surface area contributed by atoms with Gasteiger partial charge in [0, 0.05) is 0 Å². The summed E-state index contributed by atoms with van der Waals surface area (Å²) in [6.07, 6.45) is 8.81. The van der Waals surface area contributed by atoms with Crippen molar-refractivity contribution in [3.63, 3.8) is 0 Å². The molecule has 0 saturated heterocycles. The first-order valence-corrected chi connectivity index (χ1v) is 11.0. The molecule has 0 aliphatic heterocycles. The van der Waals surface area contributed by atoms with E-state index in [2.05, 4.69) is 27.7 Å². The number of ether oxygens (including phenoxy) is 2. The monoisotopic (exact) mass is 390 g/mol. The quantitative estimate of drug-likeness (QED) is 0.343. The molecule has 0 aliphatic carbocycles. The van der Waals surface area contributed by atoms with Gasteiger partial charge in [0.05, 0.1) is 24.3 Å². The molecule has 28 heavy (non-hydrogen) atoms. The molecule has 0 amide bonds. The molecule has 0 unspecified atom stereocenters. The SMILES string of the molecule is CCCC[C@@H](CC)COC(=O)c1ccc(C(=O)OC[C@H](CC)CCCC)cc1. The number of carbonyl (C=O) groups excluding carboxylic acids is 2. The van der Waals surface area contributed by atoms with Gasteiger partial charge < -0.3 is 9.47 Å². The molecule has 0 aromatic heterocycles. The van der Waals surface area contributed by atoms with Crippen LogP contribution in [0.3, 0.4) is 0 Å². The van der Waals surface area contributed by atoms with Crippen LogP contribution in [-0.4, -0.2) is 25.2 Å². The Morgan fingerprint density at radius 3 is 1.36 bits per heavy atom. The molecule has 0 N–H and O–H groups in total. The average Bonchev–Trinajstić information content (AvgIpc) is 2.73. The summed E-state index contributed by atoms with van der Waals surface area (Å²) in [6.45, 7) is 9.49. The van der Waals surface area contributed by atoms with Crippen LogP contribution in [-0.2, 0) is 9.47 Å². The van der Waals surface area contributed by atoms with Crippen LogP contribution in [0.2, 0.25) is 0 Å². The van der Waals surface area contributed by atoms with Crippen LogP contribution >= 0.6 is 0 Å². The van der Waals surface area contributed by atoms with Gasteiger partial charge >= 0.3 is 11.9 Å². The highest BCUT2D eigenvalue weighted by Gasteiger charge is 2.15. The molecule has 0 heterocycles. The zero-order chi connectivity index (χ0) is 20.8. The lowest BCUT2D eigenvalue weighted by Gasteiger charge is -2.15. The van der Waals surface area contributed by atoms with Gasteiger partial charge in [-0.3, -0.25) is 0 Å². The van der Waals surface area contributed by atoms with Crippen molar-refractivity contribution in [1.82, 2.24) is 0 Å². The fourth-order valence-electron chi connectivity index (χ4n) is 3.09. The lowest BCUT2D eigenvalue weighted by atomic mass is 10.0. The highest BCUT2D eigenvalue weighted by molar-refractivity contribution is 5.93. The van der Waals surface area contributed by atoms with Crippen LogP contribution in [0.5, 0.6) is 0 Å². The summed E-state index contributed by atoms with van der Waals surface area (Å²) in [6, 6.07) is 6.56. The Hall–Kier alpha value is -1.84. The molecule has 4 nitrogen and oxygen atoms in total. The number of benzene rings is 1. The maximum atomic E-state index is 12.2. The van der Waals surface area contributed by atoms with E-state index in [1.165, 1.54) is 0 Å². The van der Waals surface area contributed by atoms with Gasteiger partial charge in [-0.05, 0) is 48.9 Å². The number of hydrogen-bond acceptors (Lipinski definition) is 4. The van der Waals surface area contributed by atoms with Gasteiger partial charge in [-0.2, -0.15) is 0 Å². The van der Waals surface area contributed by atoms with Crippen LogP contribution in [0.15, 0.2) is 24.3 Å². The highest BCUT2D eigenvalue weighted by atomic mass is 16.5. The largest absolute Gasteiger partial charge is 0.462 e. The maximum Gasteiger partial charge on any atom is 0.338 e. The lowest BCUT2D eigenvalue weighted by Crippen LogP contribution is -2.15. The van der Waals surface area contributed by atoms with E-state index in [0.29, 0.717) is 36.2 Å². The van der Waals surface area contributed by atoms with Crippen LogP contribution in [0, 0.1) is 11.8 Å². The van der Waals surface area contributed by atoms with E-state index in [-0.39, 0.29) is 11.9 Å². The number of hydrogen-bond donors (Lipinski definition) is 0. The van der Waals surface area contributed by atoms with Gasteiger partial charge in [0.25, 0.3) is 0 Å². The molecule has 0 aliphatic rings. The van der Waals surface area contributed by atoms with E-state index in [1.54, 1.807) is 24.3 Å². The number of unbranched alkanes of at least 4 members (excludes halogenated alkanes) is 2. The molecule has 4 heteroatoms. The van der Waals surface area contributed by atoms with Gasteiger partial charge in [0.1, 0.15) is 0 Å². The summed E-state index contributed by atoms with van der Waals surface area (Å²) < 4.78 is 10.9. The number of esters is 2. The molecular formula is C24H38O4. The molecule has 158 valence electrons. The highest BCUT2D eigenvalue weighted by Crippen LogP contribution is 2.16. The Morgan fingerprint density at radius 1 is 0.714 bits per heavy atom.